The molecule has 102 valence electrons. The lowest BCUT2D eigenvalue weighted by molar-refractivity contribution is -0.127. The number of nitrogens with one attached hydrogen (secondary N) is 1. The Morgan fingerprint density at radius 1 is 1.53 bits per heavy atom. The van der Waals surface area contributed by atoms with Crippen LogP contribution in [0.2, 0.25) is 0 Å². The first-order valence-corrected chi connectivity index (χ1v) is 7.11. The molecule has 5 nitrogen and oxygen atoms in total. The van der Waals surface area contributed by atoms with Crippen molar-refractivity contribution < 1.29 is 10.0 Å². The summed E-state index contributed by atoms with van der Waals surface area (Å²) in [5.41, 5.74) is 5.59. The van der Waals surface area contributed by atoms with Crippen molar-refractivity contribution in [2.75, 3.05) is 5.32 Å². The highest BCUT2D eigenvalue weighted by Crippen LogP contribution is 2.46. The Kier molecular flexibility index (Phi) is 3.98. The van der Waals surface area contributed by atoms with Crippen molar-refractivity contribution in [1.29, 1.82) is 0 Å². The first kappa shape index (κ1) is 14.1. The van der Waals surface area contributed by atoms with Gasteiger partial charge in [-0.15, -0.1) is 0 Å². The van der Waals surface area contributed by atoms with Gasteiger partial charge in [-0.2, -0.15) is 0 Å². The molecule has 0 aromatic heterocycles. The molecule has 0 atom stereocenters. The first-order chi connectivity index (χ1) is 8.99. The van der Waals surface area contributed by atoms with Crippen LogP contribution in [0.5, 0.6) is 0 Å². The molecule has 1 aliphatic rings. The number of amides is 1. The number of carbonyl (C=O) groups excluding carboxylic acids is 1. The summed E-state index contributed by atoms with van der Waals surface area (Å²) in [5, 5.41) is 14.8. The predicted octanol–water partition coefficient (Wildman–Crippen LogP) is 2.39. The van der Waals surface area contributed by atoms with Crippen LogP contribution in [0.4, 0.5) is 5.69 Å². The minimum atomic E-state index is -0.868. The van der Waals surface area contributed by atoms with E-state index >= 15 is 0 Å². The molecule has 6 heteroatoms. The van der Waals surface area contributed by atoms with Crippen molar-refractivity contribution >= 4 is 40.0 Å². The molecule has 0 aliphatic heterocycles. The van der Waals surface area contributed by atoms with Gasteiger partial charge in [-0.05, 0) is 53.5 Å². The fraction of sp³-hybridized carbons (Fsp3) is 0.385. The standard InChI is InChI=1S/C13H16IN3O2/c1-8-6-13(7-8,11(15)17-19)12(18)16-10-5-3-2-4-9(10)14/h2-5,8,19H,6-7H2,1H3,(H2,15,17)(H,16,18). The maximum Gasteiger partial charge on any atom is 0.238 e. The summed E-state index contributed by atoms with van der Waals surface area (Å²) in [5.74, 6) is 0.194. The topological polar surface area (TPSA) is 87.7 Å². The number of anilines is 1. The zero-order valence-electron chi connectivity index (χ0n) is 10.6. The van der Waals surface area contributed by atoms with Gasteiger partial charge in [0.25, 0.3) is 0 Å². The number of nitrogens with two attached hydrogens (primary N) is 1. The minimum Gasteiger partial charge on any atom is -0.409 e. The average Bonchev–Trinajstić information content (AvgIpc) is 2.36. The van der Waals surface area contributed by atoms with E-state index in [-0.39, 0.29) is 11.7 Å². The molecule has 0 radical (unpaired) electrons. The third-order valence-corrected chi connectivity index (χ3v) is 4.49. The van der Waals surface area contributed by atoms with Gasteiger partial charge in [-0.1, -0.05) is 24.2 Å². The van der Waals surface area contributed by atoms with Crippen molar-refractivity contribution in [1.82, 2.24) is 0 Å². The number of rotatable bonds is 3. The van der Waals surface area contributed by atoms with Gasteiger partial charge in [0.15, 0.2) is 5.84 Å². The average molecular weight is 373 g/mol. The second kappa shape index (κ2) is 5.36. The number of benzene rings is 1. The Morgan fingerprint density at radius 3 is 2.68 bits per heavy atom. The number of nitrogens with zero attached hydrogens (tertiary/aromatic N) is 1. The third kappa shape index (κ3) is 2.54. The van der Waals surface area contributed by atoms with Crippen LogP contribution in [0.15, 0.2) is 29.4 Å². The molecule has 1 amide bonds. The summed E-state index contributed by atoms with van der Waals surface area (Å²) in [6, 6.07) is 7.51. The molecule has 1 aromatic carbocycles. The molecule has 0 saturated heterocycles. The van der Waals surface area contributed by atoms with Crippen LogP contribution < -0.4 is 11.1 Å². The van der Waals surface area contributed by atoms with E-state index in [0.717, 1.165) is 9.26 Å². The molecule has 4 N–H and O–H groups in total. The number of halogens is 1. The summed E-state index contributed by atoms with van der Waals surface area (Å²) < 4.78 is 0.954. The number of oxime groups is 1. The lowest BCUT2D eigenvalue weighted by Gasteiger charge is -2.43. The van der Waals surface area contributed by atoms with Crippen molar-refractivity contribution in [2.24, 2.45) is 22.2 Å². The zero-order chi connectivity index (χ0) is 14.0. The number of hydrogen-bond acceptors (Lipinski definition) is 3. The minimum absolute atomic E-state index is 0.00552. The summed E-state index contributed by atoms with van der Waals surface area (Å²) in [6.07, 6.45) is 1.22. The van der Waals surface area contributed by atoms with E-state index < -0.39 is 5.41 Å². The Balaban J connectivity index is 2.21. The van der Waals surface area contributed by atoms with E-state index in [1.807, 2.05) is 31.2 Å². The lowest BCUT2D eigenvalue weighted by Crippen LogP contribution is -2.54. The summed E-state index contributed by atoms with van der Waals surface area (Å²) in [7, 11) is 0. The molecule has 0 unspecified atom stereocenters. The van der Waals surface area contributed by atoms with E-state index in [9.17, 15) is 4.79 Å². The van der Waals surface area contributed by atoms with Crippen molar-refractivity contribution in [2.45, 2.75) is 19.8 Å². The van der Waals surface area contributed by atoms with Crippen LogP contribution in [-0.4, -0.2) is 17.0 Å². The maximum atomic E-state index is 12.4. The summed E-state index contributed by atoms with van der Waals surface area (Å²) >= 11 is 2.16. The predicted molar refractivity (Wildman–Crippen MR) is 82.0 cm³/mol. The summed E-state index contributed by atoms with van der Waals surface area (Å²) in [4.78, 5) is 12.4. The molecular formula is C13H16IN3O2. The molecule has 1 aromatic rings. The number of hydrogen-bond donors (Lipinski definition) is 3. The SMILES string of the molecule is CC1CC(C(=O)Nc2ccccc2I)(/C(N)=N/O)C1. The van der Waals surface area contributed by atoms with Gasteiger partial charge < -0.3 is 16.3 Å². The molecule has 0 spiro atoms. The number of amidine groups is 1. The zero-order valence-corrected chi connectivity index (χ0v) is 12.7. The second-order valence-corrected chi connectivity index (χ2v) is 6.18. The van der Waals surface area contributed by atoms with Crippen LogP contribution >= 0.6 is 22.6 Å². The van der Waals surface area contributed by atoms with E-state index in [2.05, 4.69) is 33.1 Å². The molecule has 0 bridgehead atoms. The number of para-hydroxylation sites is 1. The van der Waals surface area contributed by atoms with Crippen LogP contribution in [0.1, 0.15) is 19.8 Å². The van der Waals surface area contributed by atoms with E-state index in [4.69, 9.17) is 10.9 Å². The Labute approximate surface area is 125 Å². The quantitative estimate of drug-likeness (QED) is 0.250. The second-order valence-electron chi connectivity index (χ2n) is 5.01. The highest BCUT2D eigenvalue weighted by atomic mass is 127. The van der Waals surface area contributed by atoms with E-state index in [1.165, 1.54) is 0 Å². The van der Waals surface area contributed by atoms with Crippen LogP contribution in [0.25, 0.3) is 0 Å². The van der Waals surface area contributed by atoms with Crippen molar-refractivity contribution in [3.63, 3.8) is 0 Å². The largest absolute Gasteiger partial charge is 0.409 e. The van der Waals surface area contributed by atoms with Gasteiger partial charge in [-0.25, -0.2) is 0 Å². The molecule has 1 fully saturated rings. The van der Waals surface area contributed by atoms with Gasteiger partial charge in [0.05, 0.1) is 5.69 Å². The first-order valence-electron chi connectivity index (χ1n) is 6.03. The normalized spacial score (nSPS) is 26.6. The monoisotopic (exact) mass is 373 g/mol. The summed E-state index contributed by atoms with van der Waals surface area (Å²) in [6.45, 7) is 2.04. The lowest BCUT2D eigenvalue weighted by atomic mass is 9.61. The molecule has 0 heterocycles. The third-order valence-electron chi connectivity index (χ3n) is 3.55. The molecule has 1 aliphatic carbocycles. The van der Waals surface area contributed by atoms with E-state index in [0.29, 0.717) is 18.8 Å². The van der Waals surface area contributed by atoms with Gasteiger partial charge in [-0.3, -0.25) is 4.79 Å². The molecule has 1 saturated carbocycles. The van der Waals surface area contributed by atoms with Crippen LogP contribution in [0.3, 0.4) is 0 Å². The fourth-order valence-corrected chi connectivity index (χ4v) is 3.06. The van der Waals surface area contributed by atoms with Gasteiger partial charge in [0, 0.05) is 3.57 Å². The van der Waals surface area contributed by atoms with Gasteiger partial charge in [0.1, 0.15) is 5.41 Å². The van der Waals surface area contributed by atoms with Crippen molar-refractivity contribution in [3.05, 3.63) is 27.8 Å². The molecule has 2 rings (SSSR count). The maximum absolute atomic E-state index is 12.4. The smallest absolute Gasteiger partial charge is 0.238 e. The van der Waals surface area contributed by atoms with Crippen LogP contribution in [-0.2, 0) is 4.79 Å². The van der Waals surface area contributed by atoms with Gasteiger partial charge in [0.2, 0.25) is 5.91 Å². The highest BCUT2D eigenvalue weighted by Gasteiger charge is 2.52. The Hall–Kier alpha value is -1.31. The van der Waals surface area contributed by atoms with Gasteiger partial charge >= 0.3 is 0 Å². The van der Waals surface area contributed by atoms with Crippen molar-refractivity contribution in [3.8, 4) is 0 Å². The van der Waals surface area contributed by atoms with E-state index in [1.54, 1.807) is 0 Å². The fourth-order valence-electron chi connectivity index (χ4n) is 2.54. The molecular weight excluding hydrogens is 357 g/mol. The van der Waals surface area contributed by atoms with Crippen LogP contribution in [0, 0.1) is 14.9 Å². The molecule has 19 heavy (non-hydrogen) atoms. The Morgan fingerprint density at radius 2 is 2.16 bits per heavy atom. The number of carbonyl (C=O) groups is 1. The highest BCUT2D eigenvalue weighted by molar-refractivity contribution is 14.1. The Bertz CT molecular complexity index is 524.